The Balaban J connectivity index is 1.80. The third kappa shape index (κ3) is 2.56. The number of nitrogens with two attached hydrogens (primary N) is 1. The molecule has 0 atom stereocenters. The van der Waals surface area contributed by atoms with Crippen LogP contribution in [-0.2, 0) is 26.6 Å². The number of nitrogens with zero attached hydrogens (tertiary/aromatic N) is 5. The summed E-state index contributed by atoms with van der Waals surface area (Å²) < 4.78 is 7.24. The van der Waals surface area contributed by atoms with Gasteiger partial charge in [0.1, 0.15) is 0 Å². The van der Waals surface area contributed by atoms with E-state index in [-0.39, 0.29) is 0 Å². The summed E-state index contributed by atoms with van der Waals surface area (Å²) in [4.78, 5) is 10.8. The van der Waals surface area contributed by atoms with Gasteiger partial charge >= 0.3 is 0 Å². The van der Waals surface area contributed by atoms with Crippen LogP contribution < -0.4 is 10.5 Å². The molecule has 0 aromatic carbocycles. The first-order chi connectivity index (χ1) is 10.1. The van der Waals surface area contributed by atoms with Crippen LogP contribution in [0.5, 0.6) is 5.88 Å². The predicted octanol–water partition coefficient (Wildman–Crippen LogP) is 0.668. The van der Waals surface area contributed by atoms with Gasteiger partial charge in [0, 0.05) is 44.9 Å². The van der Waals surface area contributed by atoms with E-state index in [0.29, 0.717) is 5.95 Å². The van der Waals surface area contributed by atoms with E-state index in [0.717, 1.165) is 54.4 Å². The number of methoxy groups -OCH3 is 1. The van der Waals surface area contributed by atoms with E-state index in [1.165, 1.54) is 0 Å². The van der Waals surface area contributed by atoms with Crippen LogP contribution in [0.4, 0.5) is 5.95 Å². The highest BCUT2D eigenvalue weighted by molar-refractivity contribution is 5.32. The second kappa shape index (κ2) is 5.33. The number of hydrogen-bond acceptors (Lipinski definition) is 6. The molecule has 2 aromatic rings. The number of ether oxygens (including phenoxy) is 1. The molecule has 0 amide bonds. The maximum atomic E-state index is 5.64. The second-order valence-electron chi connectivity index (χ2n) is 5.36. The number of anilines is 1. The zero-order valence-corrected chi connectivity index (χ0v) is 12.6. The molecule has 0 saturated carbocycles. The average molecular weight is 288 g/mol. The summed E-state index contributed by atoms with van der Waals surface area (Å²) in [5.41, 5.74) is 10.00. The van der Waals surface area contributed by atoms with Crippen molar-refractivity contribution in [3.63, 3.8) is 0 Å². The Labute approximate surface area is 123 Å². The Hall–Kier alpha value is -2.15. The van der Waals surface area contributed by atoms with Gasteiger partial charge in [0.25, 0.3) is 0 Å². The summed E-state index contributed by atoms with van der Waals surface area (Å²) in [6, 6.07) is 0. The molecular formula is C14H20N6O. The molecule has 0 bridgehead atoms. The normalized spacial score (nSPS) is 15.0. The van der Waals surface area contributed by atoms with Gasteiger partial charge in [0.15, 0.2) is 0 Å². The molecule has 1 aliphatic heterocycles. The zero-order chi connectivity index (χ0) is 15.0. The Bertz CT molecular complexity index is 666. The van der Waals surface area contributed by atoms with E-state index in [2.05, 4.69) is 20.0 Å². The Morgan fingerprint density at radius 1 is 1.43 bits per heavy atom. The van der Waals surface area contributed by atoms with Crippen molar-refractivity contribution in [3.05, 3.63) is 28.7 Å². The summed E-state index contributed by atoms with van der Waals surface area (Å²) >= 11 is 0. The highest BCUT2D eigenvalue weighted by atomic mass is 16.5. The number of aromatic nitrogens is 4. The van der Waals surface area contributed by atoms with Gasteiger partial charge in [-0.2, -0.15) is 5.10 Å². The average Bonchev–Trinajstić information content (AvgIpc) is 2.73. The van der Waals surface area contributed by atoms with Gasteiger partial charge in [-0.05, 0) is 6.92 Å². The smallest absolute Gasteiger partial charge is 0.220 e. The van der Waals surface area contributed by atoms with Crippen molar-refractivity contribution in [2.45, 2.75) is 26.4 Å². The number of fused-ring (bicyclic) bond motifs is 1. The first kappa shape index (κ1) is 13.8. The van der Waals surface area contributed by atoms with Gasteiger partial charge in [-0.25, -0.2) is 14.6 Å². The first-order valence-electron chi connectivity index (χ1n) is 6.97. The van der Waals surface area contributed by atoms with Crippen LogP contribution in [0.25, 0.3) is 0 Å². The van der Waals surface area contributed by atoms with Crippen LogP contribution in [0, 0.1) is 6.92 Å². The molecule has 7 heteroatoms. The summed E-state index contributed by atoms with van der Waals surface area (Å²) in [6.45, 7) is 4.60. The van der Waals surface area contributed by atoms with Crippen LogP contribution in [0.15, 0.2) is 6.20 Å². The van der Waals surface area contributed by atoms with E-state index >= 15 is 0 Å². The lowest BCUT2D eigenvalue weighted by Gasteiger charge is -2.27. The van der Waals surface area contributed by atoms with Gasteiger partial charge in [0.2, 0.25) is 11.8 Å². The lowest BCUT2D eigenvalue weighted by atomic mass is 10.1. The van der Waals surface area contributed by atoms with Gasteiger partial charge in [-0.15, -0.1) is 0 Å². The Morgan fingerprint density at radius 3 is 3.00 bits per heavy atom. The summed E-state index contributed by atoms with van der Waals surface area (Å²) in [7, 11) is 3.58. The molecule has 2 aromatic heterocycles. The molecule has 3 heterocycles. The van der Waals surface area contributed by atoms with E-state index in [1.807, 2.05) is 20.2 Å². The molecule has 0 radical (unpaired) electrons. The summed E-state index contributed by atoms with van der Waals surface area (Å²) in [5.74, 6) is 1.18. The maximum absolute atomic E-state index is 5.64. The highest BCUT2D eigenvalue weighted by Gasteiger charge is 2.22. The molecular weight excluding hydrogens is 268 g/mol. The SMILES string of the molecule is COc1c(CN2CCc3nc(N)ncc3C2)c(C)nn1C. The Kier molecular flexibility index (Phi) is 3.50. The highest BCUT2D eigenvalue weighted by Crippen LogP contribution is 2.25. The minimum Gasteiger partial charge on any atom is -0.481 e. The monoisotopic (exact) mass is 288 g/mol. The molecule has 2 N–H and O–H groups in total. The summed E-state index contributed by atoms with van der Waals surface area (Å²) in [6.07, 6.45) is 2.72. The minimum atomic E-state index is 0.354. The molecule has 0 aliphatic carbocycles. The number of hydrogen-bond donors (Lipinski definition) is 1. The molecule has 1 aliphatic rings. The molecule has 0 saturated heterocycles. The predicted molar refractivity (Wildman–Crippen MR) is 78.8 cm³/mol. The third-order valence-corrected chi connectivity index (χ3v) is 3.90. The molecule has 0 fully saturated rings. The van der Waals surface area contributed by atoms with E-state index in [9.17, 15) is 0 Å². The second-order valence-corrected chi connectivity index (χ2v) is 5.36. The number of aryl methyl sites for hydroxylation is 2. The molecule has 7 nitrogen and oxygen atoms in total. The van der Waals surface area contributed by atoms with Crippen LogP contribution >= 0.6 is 0 Å². The fourth-order valence-corrected chi connectivity index (χ4v) is 2.87. The van der Waals surface area contributed by atoms with Crippen LogP contribution in [0.3, 0.4) is 0 Å². The summed E-state index contributed by atoms with van der Waals surface area (Å²) in [5, 5.41) is 4.43. The van der Waals surface area contributed by atoms with Crippen molar-refractivity contribution < 1.29 is 4.74 Å². The van der Waals surface area contributed by atoms with Crippen molar-refractivity contribution in [1.29, 1.82) is 0 Å². The molecule has 21 heavy (non-hydrogen) atoms. The lowest BCUT2D eigenvalue weighted by molar-refractivity contribution is 0.238. The largest absolute Gasteiger partial charge is 0.481 e. The fourth-order valence-electron chi connectivity index (χ4n) is 2.87. The van der Waals surface area contributed by atoms with Crippen molar-refractivity contribution in [1.82, 2.24) is 24.6 Å². The molecule has 0 unspecified atom stereocenters. The fraction of sp³-hybridized carbons (Fsp3) is 0.500. The van der Waals surface area contributed by atoms with E-state index in [1.54, 1.807) is 11.8 Å². The standard InChI is InChI=1S/C14H20N6O/c1-9-11(13(21-3)19(2)18-9)8-20-5-4-12-10(7-20)6-16-14(15)17-12/h6H,4-5,7-8H2,1-3H3,(H2,15,16,17). The molecule has 0 spiro atoms. The van der Waals surface area contributed by atoms with E-state index < -0.39 is 0 Å². The van der Waals surface area contributed by atoms with E-state index in [4.69, 9.17) is 10.5 Å². The minimum absolute atomic E-state index is 0.354. The first-order valence-corrected chi connectivity index (χ1v) is 6.97. The Morgan fingerprint density at radius 2 is 2.24 bits per heavy atom. The van der Waals surface area contributed by atoms with Gasteiger partial charge in [-0.3, -0.25) is 4.90 Å². The van der Waals surface area contributed by atoms with Gasteiger partial charge in [-0.1, -0.05) is 0 Å². The van der Waals surface area contributed by atoms with Crippen LogP contribution in [0.2, 0.25) is 0 Å². The van der Waals surface area contributed by atoms with Gasteiger partial charge in [0.05, 0.1) is 24.1 Å². The molecule has 3 rings (SSSR count). The van der Waals surface area contributed by atoms with Crippen molar-refractivity contribution in [3.8, 4) is 5.88 Å². The van der Waals surface area contributed by atoms with Crippen molar-refractivity contribution in [2.24, 2.45) is 7.05 Å². The zero-order valence-electron chi connectivity index (χ0n) is 12.6. The third-order valence-electron chi connectivity index (χ3n) is 3.90. The quantitative estimate of drug-likeness (QED) is 0.894. The van der Waals surface area contributed by atoms with Crippen LogP contribution in [-0.4, -0.2) is 38.3 Å². The lowest BCUT2D eigenvalue weighted by Crippen LogP contribution is -2.31. The van der Waals surface area contributed by atoms with Crippen molar-refractivity contribution >= 4 is 5.95 Å². The number of rotatable bonds is 3. The van der Waals surface area contributed by atoms with Crippen molar-refractivity contribution in [2.75, 3.05) is 19.4 Å². The topological polar surface area (TPSA) is 82.1 Å². The maximum Gasteiger partial charge on any atom is 0.220 e. The molecule has 112 valence electrons. The number of nitrogen functional groups attached to an aromatic ring is 1. The van der Waals surface area contributed by atoms with Crippen LogP contribution in [0.1, 0.15) is 22.5 Å². The van der Waals surface area contributed by atoms with Gasteiger partial charge < -0.3 is 10.5 Å².